The number of nitrogens with two attached hydrogens (primary N) is 1. The predicted molar refractivity (Wildman–Crippen MR) is 84.7 cm³/mol. The Morgan fingerprint density at radius 3 is 2.50 bits per heavy atom. The lowest BCUT2D eigenvalue weighted by Gasteiger charge is -2.24. The first kappa shape index (κ1) is 13.4. The molecule has 1 aliphatic rings. The molecule has 1 heterocycles. The summed E-state index contributed by atoms with van der Waals surface area (Å²) < 4.78 is 0. The molecule has 0 fully saturated rings. The van der Waals surface area contributed by atoms with Crippen LogP contribution in [0.3, 0.4) is 0 Å². The molecule has 0 spiro atoms. The first-order valence-corrected chi connectivity index (χ1v) is 7.93. The van der Waals surface area contributed by atoms with Crippen LogP contribution in [0.2, 0.25) is 0 Å². The van der Waals surface area contributed by atoms with Gasteiger partial charge in [0.25, 0.3) is 0 Å². The van der Waals surface area contributed by atoms with Gasteiger partial charge in [0.1, 0.15) is 0 Å². The molecule has 3 rings (SSSR count). The number of rotatable bonds is 2. The van der Waals surface area contributed by atoms with Gasteiger partial charge in [-0.25, -0.2) is 0 Å². The number of benzene rings is 1. The number of hydrogen-bond donors (Lipinski definition) is 1. The Kier molecular flexibility index (Phi) is 3.38. The topological polar surface area (TPSA) is 43.1 Å². The Bertz CT molecular complexity index is 645. The molecule has 3 heteroatoms. The monoisotopic (exact) mass is 285 g/mol. The fourth-order valence-corrected chi connectivity index (χ4v) is 4.35. The van der Waals surface area contributed by atoms with Gasteiger partial charge in [-0.15, -0.1) is 11.3 Å². The summed E-state index contributed by atoms with van der Waals surface area (Å²) in [6.45, 7) is 4.44. The SMILES string of the molecule is CC1CCC(C)c2c1sc(N)c2C(=O)c1ccccc1. The summed E-state index contributed by atoms with van der Waals surface area (Å²) >= 11 is 1.61. The van der Waals surface area contributed by atoms with E-state index in [0.29, 0.717) is 16.8 Å². The van der Waals surface area contributed by atoms with Crippen molar-refractivity contribution in [3.05, 3.63) is 51.9 Å². The second-order valence-corrected chi connectivity index (χ2v) is 6.78. The molecule has 1 aromatic heterocycles. The summed E-state index contributed by atoms with van der Waals surface area (Å²) in [6.07, 6.45) is 2.33. The van der Waals surface area contributed by atoms with Crippen LogP contribution in [-0.4, -0.2) is 5.78 Å². The molecule has 0 radical (unpaired) electrons. The molecule has 0 amide bonds. The van der Waals surface area contributed by atoms with Crippen molar-refractivity contribution in [3.8, 4) is 0 Å². The van der Waals surface area contributed by atoms with E-state index in [1.807, 2.05) is 30.3 Å². The van der Waals surface area contributed by atoms with E-state index in [-0.39, 0.29) is 5.78 Å². The van der Waals surface area contributed by atoms with E-state index in [2.05, 4.69) is 13.8 Å². The number of carbonyl (C=O) groups excluding carboxylic acids is 1. The van der Waals surface area contributed by atoms with Crippen molar-refractivity contribution in [1.82, 2.24) is 0 Å². The van der Waals surface area contributed by atoms with E-state index in [1.54, 1.807) is 11.3 Å². The highest BCUT2D eigenvalue weighted by atomic mass is 32.1. The van der Waals surface area contributed by atoms with Crippen LogP contribution >= 0.6 is 11.3 Å². The Morgan fingerprint density at radius 2 is 1.80 bits per heavy atom. The molecule has 1 aliphatic carbocycles. The van der Waals surface area contributed by atoms with Crippen LogP contribution in [-0.2, 0) is 0 Å². The third-order valence-corrected chi connectivity index (χ3v) is 5.50. The van der Waals surface area contributed by atoms with Crippen molar-refractivity contribution in [2.75, 3.05) is 5.73 Å². The van der Waals surface area contributed by atoms with Crippen LogP contribution in [0.4, 0.5) is 5.00 Å². The maximum Gasteiger partial charge on any atom is 0.196 e. The molecule has 0 saturated heterocycles. The molecule has 0 aliphatic heterocycles. The quantitative estimate of drug-likeness (QED) is 0.822. The van der Waals surface area contributed by atoms with Gasteiger partial charge in [0, 0.05) is 10.4 Å². The van der Waals surface area contributed by atoms with Crippen LogP contribution in [0.5, 0.6) is 0 Å². The zero-order valence-corrected chi connectivity index (χ0v) is 12.7. The normalized spacial score (nSPS) is 21.5. The Balaban J connectivity index is 2.13. The van der Waals surface area contributed by atoms with Gasteiger partial charge in [-0.05, 0) is 30.2 Å². The standard InChI is InChI=1S/C17H19NOS/c1-10-8-9-11(2)16-13(10)14(17(18)20-16)15(19)12-6-4-3-5-7-12/h3-7,10-11H,8-9,18H2,1-2H3. The lowest BCUT2D eigenvalue weighted by Crippen LogP contribution is -2.13. The van der Waals surface area contributed by atoms with Gasteiger partial charge < -0.3 is 5.73 Å². The largest absolute Gasteiger partial charge is 0.390 e. The lowest BCUT2D eigenvalue weighted by atomic mass is 9.80. The number of nitrogen functional groups attached to an aromatic ring is 1. The smallest absolute Gasteiger partial charge is 0.196 e. The molecule has 2 nitrogen and oxygen atoms in total. The minimum Gasteiger partial charge on any atom is -0.390 e. The van der Waals surface area contributed by atoms with Gasteiger partial charge in [0.2, 0.25) is 0 Å². The Hall–Kier alpha value is -1.61. The van der Waals surface area contributed by atoms with Crippen LogP contribution in [0.15, 0.2) is 30.3 Å². The second kappa shape index (κ2) is 5.06. The van der Waals surface area contributed by atoms with Crippen molar-refractivity contribution in [2.45, 2.75) is 38.5 Å². The summed E-state index contributed by atoms with van der Waals surface area (Å²) in [6, 6.07) is 9.45. The van der Waals surface area contributed by atoms with Crippen LogP contribution in [0.1, 0.15) is 64.9 Å². The third kappa shape index (κ3) is 2.06. The molecule has 104 valence electrons. The zero-order valence-electron chi connectivity index (χ0n) is 11.8. The average Bonchev–Trinajstić information content (AvgIpc) is 2.82. The molecule has 20 heavy (non-hydrogen) atoms. The first-order valence-electron chi connectivity index (χ1n) is 7.11. The fourth-order valence-electron chi connectivity index (χ4n) is 3.08. The minimum absolute atomic E-state index is 0.0709. The van der Waals surface area contributed by atoms with E-state index < -0.39 is 0 Å². The molecular formula is C17H19NOS. The summed E-state index contributed by atoms with van der Waals surface area (Å²) in [5.41, 5.74) is 8.88. The lowest BCUT2D eigenvalue weighted by molar-refractivity contribution is 0.103. The number of thiophene rings is 1. The highest BCUT2D eigenvalue weighted by Gasteiger charge is 2.31. The first-order chi connectivity index (χ1) is 9.59. The summed E-state index contributed by atoms with van der Waals surface area (Å²) in [4.78, 5) is 14.1. The average molecular weight is 285 g/mol. The van der Waals surface area contributed by atoms with E-state index in [0.717, 1.165) is 17.5 Å². The number of hydrogen-bond acceptors (Lipinski definition) is 3. The molecule has 2 unspecified atom stereocenters. The Labute approximate surface area is 123 Å². The van der Waals surface area contributed by atoms with Crippen molar-refractivity contribution < 1.29 is 4.79 Å². The maximum atomic E-state index is 12.8. The van der Waals surface area contributed by atoms with Crippen LogP contribution in [0, 0.1) is 0 Å². The van der Waals surface area contributed by atoms with Crippen molar-refractivity contribution >= 4 is 22.1 Å². The molecule has 2 atom stereocenters. The maximum absolute atomic E-state index is 12.8. The van der Waals surface area contributed by atoms with Gasteiger partial charge in [0.05, 0.1) is 10.6 Å². The Morgan fingerprint density at radius 1 is 1.15 bits per heavy atom. The van der Waals surface area contributed by atoms with Gasteiger partial charge >= 0.3 is 0 Å². The van der Waals surface area contributed by atoms with Crippen molar-refractivity contribution in [1.29, 1.82) is 0 Å². The van der Waals surface area contributed by atoms with E-state index >= 15 is 0 Å². The van der Waals surface area contributed by atoms with Gasteiger partial charge in [-0.2, -0.15) is 0 Å². The highest BCUT2D eigenvalue weighted by molar-refractivity contribution is 7.16. The molecule has 2 N–H and O–H groups in total. The summed E-state index contributed by atoms with van der Waals surface area (Å²) in [5.74, 6) is 1.02. The fraction of sp³-hybridized carbons (Fsp3) is 0.353. The molecule has 0 saturated carbocycles. The number of ketones is 1. The zero-order chi connectivity index (χ0) is 14.3. The van der Waals surface area contributed by atoms with E-state index in [9.17, 15) is 4.79 Å². The van der Waals surface area contributed by atoms with Gasteiger partial charge in [-0.1, -0.05) is 44.2 Å². The molecular weight excluding hydrogens is 266 g/mol. The van der Waals surface area contributed by atoms with Crippen molar-refractivity contribution in [3.63, 3.8) is 0 Å². The second-order valence-electron chi connectivity index (χ2n) is 5.69. The number of carbonyl (C=O) groups is 1. The molecule has 2 aromatic rings. The number of anilines is 1. The molecule has 1 aromatic carbocycles. The summed E-state index contributed by atoms with van der Waals surface area (Å²) in [5, 5.41) is 0.685. The van der Waals surface area contributed by atoms with Crippen LogP contribution in [0.25, 0.3) is 0 Å². The highest BCUT2D eigenvalue weighted by Crippen LogP contribution is 2.47. The molecule has 0 bridgehead atoms. The number of fused-ring (bicyclic) bond motifs is 1. The minimum atomic E-state index is 0.0709. The predicted octanol–water partition coefficient (Wildman–Crippen LogP) is 4.56. The van der Waals surface area contributed by atoms with Crippen molar-refractivity contribution in [2.24, 2.45) is 0 Å². The van der Waals surface area contributed by atoms with E-state index in [1.165, 1.54) is 16.9 Å². The third-order valence-electron chi connectivity index (χ3n) is 4.24. The summed E-state index contributed by atoms with van der Waals surface area (Å²) in [7, 11) is 0. The van der Waals surface area contributed by atoms with Gasteiger partial charge in [0.15, 0.2) is 5.78 Å². The van der Waals surface area contributed by atoms with Gasteiger partial charge in [-0.3, -0.25) is 4.79 Å². The van der Waals surface area contributed by atoms with Crippen LogP contribution < -0.4 is 5.73 Å². The van der Waals surface area contributed by atoms with E-state index in [4.69, 9.17) is 5.73 Å².